The summed E-state index contributed by atoms with van der Waals surface area (Å²) in [6.45, 7) is 3.14. The summed E-state index contributed by atoms with van der Waals surface area (Å²) >= 11 is 1.72. The van der Waals surface area contributed by atoms with Crippen molar-refractivity contribution in [1.29, 1.82) is 0 Å². The third kappa shape index (κ3) is 2.85. The Labute approximate surface area is 122 Å². The third-order valence-electron chi connectivity index (χ3n) is 3.48. The van der Waals surface area contributed by atoms with E-state index < -0.39 is 0 Å². The first-order valence-corrected chi connectivity index (χ1v) is 7.58. The molecule has 3 rings (SSSR count). The van der Waals surface area contributed by atoms with Crippen molar-refractivity contribution in [3.63, 3.8) is 0 Å². The van der Waals surface area contributed by atoms with Crippen LogP contribution in [0.4, 0.5) is 0 Å². The Morgan fingerprint density at radius 1 is 1.35 bits per heavy atom. The zero-order valence-electron chi connectivity index (χ0n) is 11.4. The van der Waals surface area contributed by atoms with E-state index in [9.17, 15) is 4.79 Å². The molecule has 0 unspecified atom stereocenters. The first kappa shape index (κ1) is 13.2. The standard InChI is InChI=1S/C16H17NO2S/c1-11-6-7-14(20-11)9-17-16(18)13-8-12-4-2-3-5-15(12)19-10-13/h2-7,13H,8-10H2,1H3,(H,17,18)/t13-/m1/s1. The predicted molar refractivity (Wildman–Crippen MR) is 80.0 cm³/mol. The van der Waals surface area contributed by atoms with E-state index in [-0.39, 0.29) is 11.8 Å². The number of thiophene rings is 1. The lowest BCUT2D eigenvalue weighted by Crippen LogP contribution is -2.36. The van der Waals surface area contributed by atoms with E-state index in [2.05, 4.69) is 24.4 Å². The van der Waals surface area contributed by atoms with Crippen LogP contribution in [0, 0.1) is 12.8 Å². The fourth-order valence-corrected chi connectivity index (χ4v) is 3.23. The number of amides is 1. The number of carbonyl (C=O) groups is 1. The maximum Gasteiger partial charge on any atom is 0.227 e. The fourth-order valence-electron chi connectivity index (χ4n) is 2.40. The van der Waals surface area contributed by atoms with Crippen molar-refractivity contribution in [2.75, 3.05) is 6.61 Å². The van der Waals surface area contributed by atoms with E-state index in [1.54, 1.807) is 11.3 Å². The number of fused-ring (bicyclic) bond motifs is 1. The summed E-state index contributed by atoms with van der Waals surface area (Å²) < 4.78 is 5.66. The average Bonchev–Trinajstić information content (AvgIpc) is 2.90. The summed E-state index contributed by atoms with van der Waals surface area (Å²) in [5.74, 6) is 0.891. The van der Waals surface area contributed by atoms with E-state index in [0.717, 1.165) is 17.7 Å². The van der Waals surface area contributed by atoms with E-state index in [4.69, 9.17) is 4.74 Å². The second-order valence-corrected chi connectivity index (χ2v) is 6.42. The van der Waals surface area contributed by atoms with Crippen molar-refractivity contribution >= 4 is 17.2 Å². The Morgan fingerprint density at radius 2 is 2.20 bits per heavy atom. The van der Waals surface area contributed by atoms with E-state index >= 15 is 0 Å². The Hall–Kier alpha value is -1.81. The summed E-state index contributed by atoms with van der Waals surface area (Å²) in [5.41, 5.74) is 1.12. The normalized spacial score (nSPS) is 17.1. The lowest BCUT2D eigenvalue weighted by Gasteiger charge is -2.24. The molecule has 2 aromatic rings. The van der Waals surface area contributed by atoms with Gasteiger partial charge in [0, 0.05) is 9.75 Å². The highest BCUT2D eigenvalue weighted by atomic mass is 32.1. The second kappa shape index (κ2) is 5.67. The van der Waals surface area contributed by atoms with Crippen LogP contribution in [0.3, 0.4) is 0 Å². The Balaban J connectivity index is 1.59. The van der Waals surface area contributed by atoms with Crippen LogP contribution in [-0.4, -0.2) is 12.5 Å². The van der Waals surface area contributed by atoms with Gasteiger partial charge in [0.1, 0.15) is 12.4 Å². The van der Waals surface area contributed by atoms with Crippen molar-refractivity contribution in [3.05, 3.63) is 51.7 Å². The minimum atomic E-state index is -0.0917. The molecule has 20 heavy (non-hydrogen) atoms. The van der Waals surface area contributed by atoms with Gasteiger partial charge in [-0.2, -0.15) is 0 Å². The lowest BCUT2D eigenvalue weighted by molar-refractivity contribution is -0.126. The highest BCUT2D eigenvalue weighted by Gasteiger charge is 2.25. The summed E-state index contributed by atoms with van der Waals surface area (Å²) in [5, 5.41) is 3.00. The van der Waals surface area contributed by atoms with Crippen LogP contribution in [-0.2, 0) is 17.8 Å². The van der Waals surface area contributed by atoms with Gasteiger partial charge in [0.05, 0.1) is 12.5 Å². The summed E-state index contributed by atoms with van der Waals surface area (Å²) in [6, 6.07) is 12.1. The van der Waals surface area contributed by atoms with Crippen LogP contribution in [0.15, 0.2) is 36.4 Å². The van der Waals surface area contributed by atoms with Crippen LogP contribution < -0.4 is 10.1 Å². The summed E-state index contributed by atoms with van der Waals surface area (Å²) in [6.07, 6.45) is 0.755. The Morgan fingerprint density at radius 3 is 3.00 bits per heavy atom. The van der Waals surface area contributed by atoms with Crippen LogP contribution >= 0.6 is 11.3 Å². The van der Waals surface area contributed by atoms with Gasteiger partial charge < -0.3 is 10.1 Å². The van der Waals surface area contributed by atoms with Gasteiger partial charge in [-0.05, 0) is 37.1 Å². The van der Waals surface area contributed by atoms with Crippen LogP contribution in [0.2, 0.25) is 0 Å². The highest BCUT2D eigenvalue weighted by molar-refractivity contribution is 7.11. The van der Waals surface area contributed by atoms with Gasteiger partial charge in [-0.25, -0.2) is 0 Å². The number of rotatable bonds is 3. The molecule has 0 saturated heterocycles. The Bertz CT molecular complexity index is 620. The van der Waals surface area contributed by atoms with E-state index in [0.29, 0.717) is 13.2 Å². The van der Waals surface area contributed by atoms with Gasteiger partial charge in [-0.3, -0.25) is 4.79 Å². The SMILES string of the molecule is Cc1ccc(CNC(=O)[C@H]2COc3ccccc3C2)s1. The number of benzene rings is 1. The average molecular weight is 287 g/mol. The van der Waals surface area contributed by atoms with Crippen molar-refractivity contribution in [3.8, 4) is 5.75 Å². The van der Waals surface area contributed by atoms with Gasteiger partial charge in [0.15, 0.2) is 0 Å². The third-order valence-corrected chi connectivity index (χ3v) is 4.48. The maximum atomic E-state index is 12.2. The molecular formula is C16H17NO2S. The topological polar surface area (TPSA) is 38.3 Å². The molecule has 1 aliphatic rings. The molecule has 1 N–H and O–H groups in total. The molecule has 1 amide bonds. The first-order chi connectivity index (χ1) is 9.72. The molecular weight excluding hydrogens is 270 g/mol. The van der Waals surface area contributed by atoms with E-state index in [1.165, 1.54) is 9.75 Å². The van der Waals surface area contributed by atoms with Crippen molar-refractivity contribution in [2.45, 2.75) is 19.9 Å². The number of hydrogen-bond donors (Lipinski definition) is 1. The largest absolute Gasteiger partial charge is 0.492 e. The summed E-state index contributed by atoms with van der Waals surface area (Å²) in [7, 11) is 0. The van der Waals surface area contributed by atoms with Crippen LogP contribution in [0.5, 0.6) is 5.75 Å². The van der Waals surface area contributed by atoms with E-state index in [1.807, 2.05) is 24.3 Å². The zero-order chi connectivity index (χ0) is 13.9. The number of hydrogen-bond acceptors (Lipinski definition) is 3. The molecule has 2 heterocycles. The van der Waals surface area contributed by atoms with Crippen molar-refractivity contribution in [1.82, 2.24) is 5.32 Å². The predicted octanol–water partition coefficient (Wildman–Crippen LogP) is 2.92. The quantitative estimate of drug-likeness (QED) is 0.942. The molecule has 0 bridgehead atoms. The minimum Gasteiger partial charge on any atom is -0.492 e. The number of carbonyl (C=O) groups excluding carboxylic acids is 1. The summed E-state index contributed by atoms with van der Waals surface area (Å²) in [4.78, 5) is 14.7. The molecule has 104 valence electrons. The van der Waals surface area contributed by atoms with Crippen LogP contribution in [0.25, 0.3) is 0 Å². The number of nitrogens with one attached hydrogen (secondary N) is 1. The molecule has 0 saturated carbocycles. The molecule has 0 aliphatic carbocycles. The fraction of sp³-hybridized carbons (Fsp3) is 0.312. The number of para-hydroxylation sites is 1. The Kier molecular flexibility index (Phi) is 3.74. The second-order valence-electron chi connectivity index (χ2n) is 5.05. The first-order valence-electron chi connectivity index (χ1n) is 6.76. The highest BCUT2D eigenvalue weighted by Crippen LogP contribution is 2.26. The molecule has 1 aromatic carbocycles. The van der Waals surface area contributed by atoms with Gasteiger partial charge in [-0.1, -0.05) is 18.2 Å². The van der Waals surface area contributed by atoms with Crippen molar-refractivity contribution in [2.24, 2.45) is 5.92 Å². The maximum absolute atomic E-state index is 12.2. The van der Waals surface area contributed by atoms with Gasteiger partial charge in [-0.15, -0.1) is 11.3 Å². The minimum absolute atomic E-state index is 0.0746. The molecule has 1 atom stereocenters. The molecule has 0 fully saturated rings. The zero-order valence-corrected chi connectivity index (χ0v) is 12.2. The molecule has 4 heteroatoms. The van der Waals surface area contributed by atoms with Crippen LogP contribution in [0.1, 0.15) is 15.3 Å². The van der Waals surface area contributed by atoms with Gasteiger partial charge in [0.2, 0.25) is 5.91 Å². The van der Waals surface area contributed by atoms with Crippen molar-refractivity contribution < 1.29 is 9.53 Å². The monoisotopic (exact) mass is 287 g/mol. The number of aryl methyl sites for hydroxylation is 1. The molecule has 0 spiro atoms. The van der Waals surface area contributed by atoms with Gasteiger partial charge in [0.25, 0.3) is 0 Å². The lowest BCUT2D eigenvalue weighted by atomic mass is 9.96. The molecule has 1 aromatic heterocycles. The number of ether oxygens (including phenoxy) is 1. The molecule has 1 aliphatic heterocycles. The molecule has 3 nitrogen and oxygen atoms in total. The van der Waals surface area contributed by atoms with Gasteiger partial charge >= 0.3 is 0 Å². The smallest absolute Gasteiger partial charge is 0.227 e. The molecule has 0 radical (unpaired) electrons.